The van der Waals surface area contributed by atoms with Crippen LogP contribution in [0.15, 0.2) is 13.6 Å². The minimum absolute atomic E-state index is 0. The molecule has 4 nitrogen and oxygen atoms in total. The van der Waals surface area contributed by atoms with Crippen LogP contribution < -0.4 is 5.82 Å². The Kier molecular flexibility index (Phi) is 12.2. The van der Waals surface area contributed by atoms with E-state index in [1.54, 1.807) is 6.92 Å². The molecule has 0 saturated carbocycles. The standard InChI is InChI=1S/C11H23N.C9H14O3.2CH4/c1-11(2,3)7-10-12-8-5-4-6-9-12;1-6-7(5-9(2,3)4)12-8(10)11-6;;/h4-10H2,1-3H3;5H2,1-4H3;2*1H4. The topological polar surface area (TPSA) is 46.6 Å². The van der Waals surface area contributed by atoms with Crippen molar-refractivity contribution >= 4 is 0 Å². The lowest BCUT2D eigenvalue weighted by atomic mass is 9.91. The van der Waals surface area contributed by atoms with E-state index in [2.05, 4.69) is 46.4 Å². The van der Waals surface area contributed by atoms with E-state index in [0.717, 1.165) is 6.42 Å². The van der Waals surface area contributed by atoms with Crippen molar-refractivity contribution in [1.29, 1.82) is 0 Å². The molecule has 156 valence electrons. The van der Waals surface area contributed by atoms with Gasteiger partial charge in [-0.05, 0) is 56.7 Å². The Morgan fingerprint density at radius 1 is 0.885 bits per heavy atom. The number of hydrogen-bond acceptors (Lipinski definition) is 4. The summed E-state index contributed by atoms with van der Waals surface area (Å²) in [6.45, 7) is 19.0. The average Bonchev–Trinajstić information content (AvgIpc) is 2.74. The van der Waals surface area contributed by atoms with Gasteiger partial charge in [0, 0.05) is 6.42 Å². The van der Waals surface area contributed by atoms with Gasteiger partial charge in [0.1, 0.15) is 11.5 Å². The van der Waals surface area contributed by atoms with Crippen LogP contribution in [-0.2, 0) is 6.42 Å². The van der Waals surface area contributed by atoms with Crippen LogP contribution in [0.3, 0.4) is 0 Å². The van der Waals surface area contributed by atoms with Gasteiger partial charge in [0.15, 0.2) is 0 Å². The molecule has 1 fully saturated rings. The second kappa shape index (κ2) is 11.6. The van der Waals surface area contributed by atoms with Crippen molar-refractivity contribution < 1.29 is 8.83 Å². The minimum atomic E-state index is -0.605. The molecule has 4 heteroatoms. The molecule has 1 saturated heterocycles. The van der Waals surface area contributed by atoms with Gasteiger partial charge in [0.2, 0.25) is 0 Å². The zero-order valence-electron chi connectivity index (χ0n) is 16.8. The van der Waals surface area contributed by atoms with Gasteiger partial charge in [0.05, 0.1) is 0 Å². The number of hydrogen-bond donors (Lipinski definition) is 0. The van der Waals surface area contributed by atoms with Crippen molar-refractivity contribution in [3.05, 3.63) is 22.1 Å². The molecule has 0 unspecified atom stereocenters. The van der Waals surface area contributed by atoms with Gasteiger partial charge in [-0.1, -0.05) is 62.8 Å². The van der Waals surface area contributed by atoms with E-state index in [9.17, 15) is 4.79 Å². The normalized spacial score (nSPS) is 15.3. The summed E-state index contributed by atoms with van der Waals surface area (Å²) in [4.78, 5) is 13.3. The molecule has 0 aromatic carbocycles. The lowest BCUT2D eigenvalue weighted by Gasteiger charge is -2.29. The Bertz CT molecular complexity index is 523. The summed E-state index contributed by atoms with van der Waals surface area (Å²) in [6.07, 6.45) is 6.36. The van der Waals surface area contributed by atoms with Gasteiger partial charge in [-0.3, -0.25) is 0 Å². The number of piperidine rings is 1. The second-order valence-corrected chi connectivity index (χ2v) is 9.38. The van der Waals surface area contributed by atoms with E-state index in [1.807, 2.05) is 0 Å². The van der Waals surface area contributed by atoms with Crippen LogP contribution in [0.4, 0.5) is 0 Å². The van der Waals surface area contributed by atoms with Gasteiger partial charge in [-0.15, -0.1) is 0 Å². The lowest BCUT2D eigenvalue weighted by molar-refractivity contribution is 0.196. The first-order valence-corrected chi connectivity index (χ1v) is 9.28. The van der Waals surface area contributed by atoms with Gasteiger partial charge < -0.3 is 13.7 Å². The Morgan fingerprint density at radius 3 is 1.81 bits per heavy atom. The number of nitrogens with zero attached hydrogens (tertiary/aromatic N) is 1. The molecule has 0 spiro atoms. The molecule has 0 radical (unpaired) electrons. The van der Waals surface area contributed by atoms with E-state index in [4.69, 9.17) is 8.83 Å². The second-order valence-electron chi connectivity index (χ2n) is 9.38. The predicted molar refractivity (Wildman–Crippen MR) is 113 cm³/mol. The van der Waals surface area contributed by atoms with Crippen LogP contribution >= 0.6 is 0 Å². The monoisotopic (exact) mass is 371 g/mol. The van der Waals surface area contributed by atoms with E-state index in [1.165, 1.54) is 45.3 Å². The molecule has 1 aliphatic heterocycles. The summed E-state index contributed by atoms with van der Waals surface area (Å²) in [5.41, 5.74) is 0.627. The summed E-state index contributed by atoms with van der Waals surface area (Å²) in [6, 6.07) is 0. The third-order valence-electron chi connectivity index (χ3n) is 4.15. The fourth-order valence-corrected chi connectivity index (χ4v) is 2.69. The highest BCUT2D eigenvalue weighted by atomic mass is 16.6. The van der Waals surface area contributed by atoms with Crippen LogP contribution in [0.25, 0.3) is 0 Å². The SMILES string of the molecule is C.C.CC(C)(C)CCN1CCCCC1.Cc1oc(=O)oc1CC(C)(C)C. The highest BCUT2D eigenvalue weighted by molar-refractivity contribution is 5.02. The van der Waals surface area contributed by atoms with Crippen LogP contribution in [0.5, 0.6) is 0 Å². The lowest BCUT2D eigenvalue weighted by Crippen LogP contribution is -2.32. The maximum Gasteiger partial charge on any atom is 0.519 e. The van der Waals surface area contributed by atoms with Crippen LogP contribution in [-0.4, -0.2) is 24.5 Å². The Hall–Kier alpha value is -1.03. The molecule has 2 heterocycles. The zero-order valence-corrected chi connectivity index (χ0v) is 16.8. The zero-order chi connectivity index (χ0) is 18.4. The van der Waals surface area contributed by atoms with Gasteiger partial charge in [-0.25, -0.2) is 4.79 Å². The van der Waals surface area contributed by atoms with Gasteiger partial charge >= 0.3 is 5.82 Å². The maximum atomic E-state index is 10.7. The number of aryl methyl sites for hydroxylation is 1. The highest BCUT2D eigenvalue weighted by Crippen LogP contribution is 2.22. The molecule has 0 atom stereocenters. The Balaban J connectivity index is 0. The fourth-order valence-electron chi connectivity index (χ4n) is 2.69. The van der Waals surface area contributed by atoms with Crippen molar-refractivity contribution in [3.63, 3.8) is 0 Å². The first-order chi connectivity index (χ1) is 11.0. The molecule has 26 heavy (non-hydrogen) atoms. The third-order valence-corrected chi connectivity index (χ3v) is 4.15. The largest absolute Gasteiger partial charge is 0.519 e. The molecule has 2 rings (SSSR count). The molecule has 0 amide bonds. The summed E-state index contributed by atoms with van der Waals surface area (Å²) >= 11 is 0. The van der Waals surface area contributed by atoms with Gasteiger partial charge in [-0.2, -0.15) is 0 Å². The van der Waals surface area contributed by atoms with E-state index in [-0.39, 0.29) is 20.3 Å². The molecule has 0 N–H and O–H groups in total. The maximum absolute atomic E-state index is 10.7. The number of likely N-dealkylation sites (tertiary alicyclic amines) is 1. The molecule has 0 aliphatic carbocycles. The average molecular weight is 372 g/mol. The first kappa shape index (κ1) is 27.2. The van der Waals surface area contributed by atoms with Crippen molar-refractivity contribution in [1.82, 2.24) is 4.90 Å². The molecule has 1 aromatic rings. The van der Waals surface area contributed by atoms with E-state index < -0.39 is 5.82 Å². The van der Waals surface area contributed by atoms with Crippen LogP contribution in [0, 0.1) is 17.8 Å². The molecular weight excluding hydrogens is 326 g/mol. The highest BCUT2D eigenvalue weighted by Gasteiger charge is 2.17. The quantitative estimate of drug-likeness (QED) is 0.624. The van der Waals surface area contributed by atoms with Crippen molar-refractivity contribution in [2.45, 2.75) is 95.4 Å². The van der Waals surface area contributed by atoms with Crippen LogP contribution in [0.2, 0.25) is 0 Å². The summed E-state index contributed by atoms with van der Waals surface area (Å²) in [5.74, 6) is 0.647. The third kappa shape index (κ3) is 12.3. The fraction of sp³-hybridized carbons (Fsp3) is 0.864. The molecule has 1 aromatic heterocycles. The summed E-state index contributed by atoms with van der Waals surface area (Å²) in [7, 11) is 0. The molecule has 1 aliphatic rings. The molecule has 0 bridgehead atoms. The number of rotatable bonds is 3. The van der Waals surface area contributed by atoms with E-state index in [0.29, 0.717) is 16.9 Å². The van der Waals surface area contributed by atoms with Crippen molar-refractivity contribution in [3.8, 4) is 0 Å². The smallest absolute Gasteiger partial charge is 0.396 e. The van der Waals surface area contributed by atoms with Crippen molar-refractivity contribution in [2.24, 2.45) is 10.8 Å². The van der Waals surface area contributed by atoms with Crippen LogP contribution in [0.1, 0.15) is 93.6 Å². The molecular formula is C22H45NO3. The first-order valence-electron chi connectivity index (χ1n) is 9.28. The summed E-state index contributed by atoms with van der Waals surface area (Å²) in [5, 5.41) is 0. The minimum Gasteiger partial charge on any atom is -0.396 e. The van der Waals surface area contributed by atoms with E-state index >= 15 is 0 Å². The Morgan fingerprint density at radius 2 is 1.42 bits per heavy atom. The van der Waals surface area contributed by atoms with Gasteiger partial charge in [0.25, 0.3) is 0 Å². The summed E-state index contributed by atoms with van der Waals surface area (Å²) < 4.78 is 9.61. The Labute approximate surface area is 162 Å². The predicted octanol–water partition coefficient (Wildman–Crippen LogP) is 6.31. The van der Waals surface area contributed by atoms with Crippen molar-refractivity contribution in [2.75, 3.05) is 19.6 Å².